The fourth-order valence-corrected chi connectivity index (χ4v) is 2.91. The first-order valence-corrected chi connectivity index (χ1v) is 6.78. The van der Waals surface area contributed by atoms with E-state index in [0.29, 0.717) is 0 Å². The van der Waals surface area contributed by atoms with Crippen molar-refractivity contribution in [3.05, 3.63) is 57.3 Å². The largest absolute Gasteiger partial charge is 0.297 e. The van der Waals surface area contributed by atoms with Gasteiger partial charge in [0.2, 0.25) is 0 Å². The maximum atomic E-state index is 9.07. The molecule has 2 aromatic rings. The van der Waals surface area contributed by atoms with Crippen LogP contribution in [0, 0.1) is 18.3 Å². The molecule has 1 aromatic carbocycles. The van der Waals surface area contributed by atoms with E-state index in [9.17, 15) is 0 Å². The fraction of sp³-hybridized carbons (Fsp3) is 0.267. The second kappa shape index (κ2) is 5.81. The molecule has 92 valence electrons. The van der Waals surface area contributed by atoms with E-state index >= 15 is 0 Å². The maximum Gasteiger partial charge on any atom is 0.0995 e. The summed E-state index contributed by atoms with van der Waals surface area (Å²) < 4.78 is 0. The molecule has 0 saturated carbocycles. The number of nitrogens with zero attached hydrogens (tertiary/aromatic N) is 2. The molecule has 0 bridgehead atoms. The van der Waals surface area contributed by atoms with Crippen LogP contribution in [0.2, 0.25) is 0 Å². The van der Waals surface area contributed by atoms with Crippen LogP contribution in [0.5, 0.6) is 0 Å². The molecule has 0 unspecified atom stereocenters. The normalized spacial score (nSPS) is 10.6. The van der Waals surface area contributed by atoms with Gasteiger partial charge in [0.05, 0.1) is 11.6 Å². The Morgan fingerprint density at radius 2 is 2.00 bits per heavy atom. The van der Waals surface area contributed by atoms with Gasteiger partial charge < -0.3 is 0 Å². The van der Waals surface area contributed by atoms with Crippen LogP contribution >= 0.6 is 11.3 Å². The number of aryl methyl sites for hydroxylation is 1. The summed E-state index contributed by atoms with van der Waals surface area (Å²) in [5, 5.41) is 11.2. The molecule has 0 atom stereocenters. The van der Waals surface area contributed by atoms with Crippen LogP contribution in [0.15, 0.2) is 35.7 Å². The van der Waals surface area contributed by atoms with Crippen LogP contribution in [0.3, 0.4) is 0 Å². The van der Waals surface area contributed by atoms with Crippen LogP contribution in [-0.2, 0) is 13.1 Å². The Labute approximate surface area is 112 Å². The molecule has 0 aliphatic rings. The van der Waals surface area contributed by atoms with E-state index in [1.54, 1.807) is 11.3 Å². The van der Waals surface area contributed by atoms with Crippen LogP contribution in [0.4, 0.5) is 0 Å². The molecule has 0 spiro atoms. The summed E-state index contributed by atoms with van der Waals surface area (Å²) in [6, 6.07) is 12.2. The van der Waals surface area contributed by atoms with Crippen LogP contribution in [0.1, 0.15) is 21.6 Å². The van der Waals surface area contributed by atoms with E-state index in [0.717, 1.165) is 24.2 Å². The van der Waals surface area contributed by atoms with E-state index < -0.39 is 0 Å². The summed E-state index contributed by atoms with van der Waals surface area (Å²) in [7, 11) is 2.09. The van der Waals surface area contributed by atoms with Crippen LogP contribution in [-0.4, -0.2) is 11.9 Å². The first kappa shape index (κ1) is 12.8. The van der Waals surface area contributed by atoms with Crippen molar-refractivity contribution in [1.82, 2.24) is 4.90 Å². The number of benzene rings is 1. The SMILES string of the molecule is Cc1ccsc1CN(C)Cc1ccccc1C#N. The lowest BCUT2D eigenvalue weighted by molar-refractivity contribution is 0.321. The third-order valence-electron chi connectivity index (χ3n) is 2.96. The predicted molar refractivity (Wildman–Crippen MR) is 75.4 cm³/mol. The number of thiophene rings is 1. The van der Waals surface area contributed by atoms with Gasteiger partial charge in [-0.05, 0) is 42.6 Å². The van der Waals surface area contributed by atoms with E-state index in [1.165, 1.54) is 10.4 Å². The van der Waals surface area contributed by atoms with Gasteiger partial charge in [-0.25, -0.2) is 0 Å². The summed E-state index contributed by atoms with van der Waals surface area (Å²) in [6.07, 6.45) is 0. The zero-order chi connectivity index (χ0) is 13.0. The molecule has 0 saturated heterocycles. The molecule has 0 amide bonds. The Morgan fingerprint density at radius 3 is 2.67 bits per heavy atom. The molecule has 2 rings (SSSR count). The van der Waals surface area contributed by atoms with Crippen molar-refractivity contribution in [3.8, 4) is 6.07 Å². The summed E-state index contributed by atoms with van der Waals surface area (Å²) in [4.78, 5) is 3.64. The summed E-state index contributed by atoms with van der Waals surface area (Å²) >= 11 is 1.79. The smallest absolute Gasteiger partial charge is 0.0995 e. The molecular formula is C15H16N2S. The van der Waals surface area contributed by atoms with Gasteiger partial charge in [-0.3, -0.25) is 4.90 Å². The quantitative estimate of drug-likeness (QED) is 0.836. The molecule has 1 heterocycles. The molecule has 1 aromatic heterocycles. The maximum absolute atomic E-state index is 9.07. The lowest BCUT2D eigenvalue weighted by atomic mass is 10.1. The van der Waals surface area contributed by atoms with Gasteiger partial charge >= 0.3 is 0 Å². The minimum Gasteiger partial charge on any atom is -0.297 e. The average molecular weight is 256 g/mol. The lowest BCUT2D eigenvalue weighted by Gasteiger charge is -2.17. The number of hydrogen-bond donors (Lipinski definition) is 0. The van der Waals surface area contributed by atoms with Crippen molar-refractivity contribution in [2.45, 2.75) is 20.0 Å². The van der Waals surface area contributed by atoms with Crippen LogP contribution < -0.4 is 0 Å². The third kappa shape index (κ3) is 2.98. The van der Waals surface area contributed by atoms with Gasteiger partial charge in [0.15, 0.2) is 0 Å². The van der Waals surface area contributed by atoms with Crippen molar-refractivity contribution in [2.24, 2.45) is 0 Å². The predicted octanol–water partition coefficient (Wildman–Crippen LogP) is 3.56. The van der Waals surface area contributed by atoms with E-state index in [4.69, 9.17) is 5.26 Å². The second-order valence-electron chi connectivity index (χ2n) is 4.47. The molecular weight excluding hydrogens is 240 g/mol. The monoisotopic (exact) mass is 256 g/mol. The van der Waals surface area contributed by atoms with Crippen molar-refractivity contribution < 1.29 is 0 Å². The van der Waals surface area contributed by atoms with Crippen molar-refractivity contribution in [1.29, 1.82) is 5.26 Å². The zero-order valence-electron chi connectivity index (χ0n) is 10.7. The molecule has 2 nitrogen and oxygen atoms in total. The topological polar surface area (TPSA) is 27.0 Å². The highest BCUT2D eigenvalue weighted by molar-refractivity contribution is 7.10. The first-order valence-electron chi connectivity index (χ1n) is 5.90. The molecule has 0 fully saturated rings. The highest BCUT2D eigenvalue weighted by Crippen LogP contribution is 2.18. The third-order valence-corrected chi connectivity index (χ3v) is 3.97. The van der Waals surface area contributed by atoms with Crippen LogP contribution in [0.25, 0.3) is 0 Å². The second-order valence-corrected chi connectivity index (χ2v) is 5.47. The summed E-state index contributed by atoms with van der Waals surface area (Å²) in [5.74, 6) is 0. The summed E-state index contributed by atoms with van der Waals surface area (Å²) in [5.41, 5.74) is 3.21. The Bertz CT molecular complexity index is 566. The van der Waals surface area contributed by atoms with Crippen molar-refractivity contribution in [2.75, 3.05) is 7.05 Å². The lowest BCUT2D eigenvalue weighted by Crippen LogP contribution is -2.17. The van der Waals surface area contributed by atoms with E-state index in [1.807, 2.05) is 24.3 Å². The van der Waals surface area contributed by atoms with Gasteiger partial charge in [-0.1, -0.05) is 18.2 Å². The number of rotatable bonds is 4. The Kier molecular flexibility index (Phi) is 4.14. The standard InChI is InChI=1S/C15H16N2S/c1-12-7-8-18-15(12)11-17(2)10-14-6-4-3-5-13(14)9-16/h3-8H,10-11H2,1-2H3. The number of hydrogen-bond acceptors (Lipinski definition) is 3. The van der Waals surface area contributed by atoms with E-state index in [-0.39, 0.29) is 0 Å². The Balaban J connectivity index is 2.06. The first-order chi connectivity index (χ1) is 8.70. The Morgan fingerprint density at radius 1 is 1.22 bits per heavy atom. The minimum absolute atomic E-state index is 0.771. The molecule has 3 heteroatoms. The molecule has 0 radical (unpaired) electrons. The molecule has 18 heavy (non-hydrogen) atoms. The highest BCUT2D eigenvalue weighted by atomic mass is 32.1. The van der Waals surface area contributed by atoms with Gasteiger partial charge in [0.1, 0.15) is 0 Å². The molecule has 0 aliphatic heterocycles. The molecule has 0 N–H and O–H groups in total. The zero-order valence-corrected chi connectivity index (χ0v) is 11.5. The summed E-state index contributed by atoms with van der Waals surface area (Å²) in [6.45, 7) is 3.88. The van der Waals surface area contributed by atoms with Gasteiger partial charge in [-0.2, -0.15) is 5.26 Å². The number of nitriles is 1. The highest BCUT2D eigenvalue weighted by Gasteiger charge is 2.07. The van der Waals surface area contributed by atoms with Gasteiger partial charge in [0.25, 0.3) is 0 Å². The van der Waals surface area contributed by atoms with Gasteiger partial charge in [-0.15, -0.1) is 11.3 Å². The average Bonchev–Trinajstić information content (AvgIpc) is 2.75. The molecule has 0 aliphatic carbocycles. The van der Waals surface area contributed by atoms with Crippen molar-refractivity contribution in [3.63, 3.8) is 0 Å². The minimum atomic E-state index is 0.771. The van der Waals surface area contributed by atoms with Crippen molar-refractivity contribution >= 4 is 11.3 Å². The van der Waals surface area contributed by atoms with E-state index in [2.05, 4.69) is 36.4 Å². The Hall–Kier alpha value is -1.63. The fourth-order valence-electron chi connectivity index (χ4n) is 1.93. The van der Waals surface area contributed by atoms with Gasteiger partial charge in [0, 0.05) is 18.0 Å².